The molecule has 0 radical (unpaired) electrons. The third kappa shape index (κ3) is 2.48. The van der Waals surface area contributed by atoms with Crippen molar-refractivity contribution < 1.29 is 0 Å². The van der Waals surface area contributed by atoms with Crippen LogP contribution in [0.15, 0.2) is 91.0 Å². The van der Waals surface area contributed by atoms with Gasteiger partial charge in [0.2, 0.25) is 0 Å². The van der Waals surface area contributed by atoms with Gasteiger partial charge in [0.25, 0.3) is 0 Å². The van der Waals surface area contributed by atoms with Crippen LogP contribution in [0.4, 0.5) is 11.4 Å². The molecule has 3 aliphatic rings. The highest BCUT2D eigenvalue weighted by atomic mass is 15.3. The van der Waals surface area contributed by atoms with E-state index < -0.39 is 0 Å². The summed E-state index contributed by atoms with van der Waals surface area (Å²) in [5.74, 6) is 0. The summed E-state index contributed by atoms with van der Waals surface area (Å²) in [4.78, 5) is 2.64. The quantitative estimate of drug-likeness (QED) is 0.274. The molecule has 0 bridgehead atoms. The van der Waals surface area contributed by atoms with Gasteiger partial charge in [0.05, 0.1) is 5.54 Å². The summed E-state index contributed by atoms with van der Waals surface area (Å²) in [5.41, 5.74) is 12.9. The van der Waals surface area contributed by atoms with E-state index in [1.165, 1.54) is 69.6 Å². The van der Waals surface area contributed by atoms with Crippen molar-refractivity contribution in [3.63, 3.8) is 0 Å². The molecular formula is C32H29N. The first-order chi connectivity index (χ1) is 16.1. The smallest absolute Gasteiger partial charge is 0.0517 e. The molecule has 4 aromatic rings. The Balaban J connectivity index is 1.35. The van der Waals surface area contributed by atoms with Gasteiger partial charge in [-0.15, -0.1) is 0 Å². The molecule has 0 aromatic heterocycles. The van der Waals surface area contributed by atoms with E-state index >= 15 is 0 Å². The number of rotatable bonds is 2. The van der Waals surface area contributed by atoms with E-state index in [1.807, 2.05) is 0 Å². The van der Waals surface area contributed by atoms with E-state index in [2.05, 4.69) is 110 Å². The van der Waals surface area contributed by atoms with Crippen molar-refractivity contribution in [2.45, 2.75) is 50.5 Å². The van der Waals surface area contributed by atoms with Crippen LogP contribution in [-0.4, -0.2) is 5.54 Å². The van der Waals surface area contributed by atoms with Gasteiger partial charge in [-0.25, -0.2) is 0 Å². The van der Waals surface area contributed by atoms with Crippen LogP contribution in [0.1, 0.15) is 49.8 Å². The minimum atomic E-state index is 0.120. The van der Waals surface area contributed by atoms with Crippen molar-refractivity contribution in [3.05, 3.63) is 108 Å². The summed E-state index contributed by atoms with van der Waals surface area (Å²) < 4.78 is 0. The zero-order valence-electron chi connectivity index (χ0n) is 19.4. The summed E-state index contributed by atoms with van der Waals surface area (Å²) >= 11 is 0. The summed E-state index contributed by atoms with van der Waals surface area (Å²) in [7, 11) is 0. The van der Waals surface area contributed by atoms with Crippen LogP contribution < -0.4 is 4.90 Å². The highest BCUT2D eigenvalue weighted by Gasteiger charge is 2.59. The predicted octanol–water partition coefficient (Wildman–Crippen LogP) is 8.28. The monoisotopic (exact) mass is 427 g/mol. The second-order valence-corrected chi connectivity index (χ2v) is 10.6. The largest absolute Gasteiger partial charge is 0.334 e. The Hall–Kier alpha value is -3.32. The average molecular weight is 428 g/mol. The van der Waals surface area contributed by atoms with Gasteiger partial charge >= 0.3 is 0 Å². The van der Waals surface area contributed by atoms with Gasteiger partial charge in [-0.2, -0.15) is 0 Å². The van der Waals surface area contributed by atoms with Gasteiger partial charge in [-0.05, 0) is 89.4 Å². The fourth-order valence-electron chi connectivity index (χ4n) is 7.06. The molecule has 2 aliphatic carbocycles. The summed E-state index contributed by atoms with van der Waals surface area (Å²) in [6.07, 6.45) is 4.82. The Morgan fingerprint density at radius 2 is 1.39 bits per heavy atom. The number of hydrogen-bond acceptors (Lipinski definition) is 1. The fraction of sp³-hybridized carbons (Fsp3) is 0.250. The molecule has 33 heavy (non-hydrogen) atoms. The molecule has 1 fully saturated rings. The maximum Gasteiger partial charge on any atom is 0.0517 e. The normalized spacial score (nSPS) is 24.4. The molecule has 1 heterocycles. The van der Waals surface area contributed by atoms with Crippen LogP contribution in [0.5, 0.6) is 0 Å². The average Bonchev–Trinajstić information content (AvgIpc) is 3.42. The maximum absolute atomic E-state index is 2.64. The molecule has 0 amide bonds. The van der Waals surface area contributed by atoms with E-state index in [-0.39, 0.29) is 11.0 Å². The van der Waals surface area contributed by atoms with Crippen molar-refractivity contribution in [3.8, 4) is 22.3 Å². The van der Waals surface area contributed by atoms with Crippen LogP contribution in [0.2, 0.25) is 0 Å². The van der Waals surface area contributed by atoms with E-state index in [0.29, 0.717) is 0 Å². The molecule has 2 atom stereocenters. The SMILES string of the molecule is CC12CCCC1(C)N(c1ccccc1)c1ccc(-c3ccc4c(c3)Cc3ccccc3-4)cc12. The Morgan fingerprint density at radius 3 is 2.27 bits per heavy atom. The number of anilines is 2. The lowest BCUT2D eigenvalue weighted by Gasteiger charge is -2.42. The van der Waals surface area contributed by atoms with E-state index in [4.69, 9.17) is 0 Å². The third-order valence-corrected chi connectivity index (χ3v) is 9.00. The lowest BCUT2D eigenvalue weighted by molar-refractivity contribution is 0.330. The molecule has 1 aliphatic heterocycles. The number of fused-ring (bicyclic) bond motifs is 6. The molecular weight excluding hydrogens is 398 g/mol. The molecule has 4 aromatic carbocycles. The summed E-state index contributed by atoms with van der Waals surface area (Å²) in [5, 5.41) is 0. The molecule has 0 saturated heterocycles. The first-order valence-corrected chi connectivity index (χ1v) is 12.3. The summed E-state index contributed by atoms with van der Waals surface area (Å²) in [6.45, 7) is 4.99. The highest BCUT2D eigenvalue weighted by molar-refractivity contribution is 5.83. The van der Waals surface area contributed by atoms with E-state index in [0.717, 1.165) is 6.42 Å². The van der Waals surface area contributed by atoms with Gasteiger partial charge in [0.1, 0.15) is 0 Å². The third-order valence-electron chi connectivity index (χ3n) is 9.00. The predicted molar refractivity (Wildman–Crippen MR) is 138 cm³/mol. The van der Waals surface area contributed by atoms with Gasteiger partial charge in [-0.3, -0.25) is 0 Å². The van der Waals surface area contributed by atoms with Crippen molar-refractivity contribution >= 4 is 11.4 Å². The van der Waals surface area contributed by atoms with Crippen molar-refractivity contribution in [1.82, 2.24) is 0 Å². The second-order valence-electron chi connectivity index (χ2n) is 10.6. The molecule has 1 nitrogen and oxygen atoms in total. The minimum absolute atomic E-state index is 0.120. The zero-order chi connectivity index (χ0) is 22.2. The van der Waals surface area contributed by atoms with Crippen LogP contribution in [-0.2, 0) is 11.8 Å². The molecule has 0 N–H and O–H groups in total. The Bertz CT molecular complexity index is 1400. The lowest BCUT2D eigenvalue weighted by atomic mass is 9.72. The maximum atomic E-state index is 2.64. The van der Waals surface area contributed by atoms with Crippen LogP contribution in [0, 0.1) is 0 Å². The van der Waals surface area contributed by atoms with Crippen LogP contribution in [0.25, 0.3) is 22.3 Å². The molecule has 1 saturated carbocycles. The first kappa shape index (κ1) is 19.2. The molecule has 1 heteroatoms. The van der Waals surface area contributed by atoms with Crippen LogP contribution in [0.3, 0.4) is 0 Å². The number of para-hydroxylation sites is 1. The highest BCUT2D eigenvalue weighted by Crippen LogP contribution is 2.62. The molecule has 7 rings (SSSR count). The van der Waals surface area contributed by atoms with Gasteiger partial charge < -0.3 is 4.90 Å². The van der Waals surface area contributed by atoms with E-state index in [9.17, 15) is 0 Å². The van der Waals surface area contributed by atoms with Crippen molar-refractivity contribution in [1.29, 1.82) is 0 Å². The van der Waals surface area contributed by atoms with Crippen molar-refractivity contribution in [2.75, 3.05) is 4.90 Å². The van der Waals surface area contributed by atoms with Gasteiger partial charge in [0, 0.05) is 16.8 Å². The number of hydrogen-bond donors (Lipinski definition) is 0. The first-order valence-electron chi connectivity index (χ1n) is 12.3. The Labute approximate surface area is 196 Å². The minimum Gasteiger partial charge on any atom is -0.334 e. The second kappa shape index (κ2) is 6.60. The molecule has 0 spiro atoms. The van der Waals surface area contributed by atoms with Gasteiger partial charge in [-0.1, -0.05) is 80.1 Å². The Kier molecular flexibility index (Phi) is 3.84. The zero-order valence-corrected chi connectivity index (χ0v) is 19.4. The van der Waals surface area contributed by atoms with Crippen molar-refractivity contribution in [2.24, 2.45) is 0 Å². The standard InChI is InChI=1S/C32H29N/c1-31-17-8-18-32(31,2)33(26-10-4-3-5-11-26)30-16-14-23(21-29(30)31)22-13-15-28-25(19-22)20-24-9-6-7-12-27(24)28/h3-7,9-16,19,21H,8,17-18,20H2,1-2H3. The number of benzene rings is 4. The molecule has 162 valence electrons. The number of nitrogens with zero attached hydrogens (tertiary/aromatic N) is 1. The van der Waals surface area contributed by atoms with Crippen LogP contribution >= 0.6 is 0 Å². The molecule has 2 unspecified atom stereocenters. The Morgan fingerprint density at radius 1 is 0.667 bits per heavy atom. The topological polar surface area (TPSA) is 3.24 Å². The van der Waals surface area contributed by atoms with Gasteiger partial charge in [0.15, 0.2) is 0 Å². The van der Waals surface area contributed by atoms with E-state index in [1.54, 1.807) is 0 Å². The summed E-state index contributed by atoms with van der Waals surface area (Å²) in [6, 6.07) is 34.1. The fourth-order valence-corrected chi connectivity index (χ4v) is 7.06. The lowest BCUT2D eigenvalue weighted by Crippen LogP contribution is -2.48.